The summed E-state index contributed by atoms with van der Waals surface area (Å²) in [5, 5.41) is 9.08. The molecule has 1 aromatic rings. The van der Waals surface area contributed by atoms with Gasteiger partial charge in [-0.25, -0.2) is 4.98 Å². The molecule has 2 heterocycles. The Morgan fingerprint density at radius 2 is 2.19 bits per heavy atom. The first-order valence-corrected chi connectivity index (χ1v) is 5.78. The molecule has 0 atom stereocenters. The predicted molar refractivity (Wildman–Crippen MR) is 65.4 cm³/mol. The summed E-state index contributed by atoms with van der Waals surface area (Å²) in [6, 6.07) is 2.04. The van der Waals surface area contributed by atoms with Crippen LogP contribution in [0, 0.1) is 12.8 Å². The fraction of sp³-hybridized carbons (Fsp3) is 0.583. The van der Waals surface area contributed by atoms with Crippen LogP contribution in [0.15, 0.2) is 12.3 Å². The lowest BCUT2D eigenvalue weighted by atomic mass is 9.98. The number of aliphatic hydroxyl groups is 1. The minimum Gasteiger partial charge on any atom is -0.397 e. The monoisotopic (exact) mass is 221 g/mol. The van der Waals surface area contributed by atoms with Crippen LogP contribution in [0.2, 0.25) is 0 Å². The van der Waals surface area contributed by atoms with Gasteiger partial charge in [-0.05, 0) is 37.3 Å². The van der Waals surface area contributed by atoms with E-state index in [4.69, 9.17) is 10.8 Å². The Kier molecular flexibility index (Phi) is 3.29. The quantitative estimate of drug-likeness (QED) is 0.787. The molecular weight excluding hydrogens is 202 g/mol. The van der Waals surface area contributed by atoms with Crippen molar-refractivity contribution in [3.05, 3.63) is 17.8 Å². The van der Waals surface area contributed by atoms with Crippen molar-refractivity contribution in [2.45, 2.75) is 19.8 Å². The molecule has 1 saturated heterocycles. The summed E-state index contributed by atoms with van der Waals surface area (Å²) in [6.07, 6.45) is 3.81. The molecule has 0 aliphatic carbocycles. The molecular formula is C12H19N3O. The number of hydrogen-bond donors (Lipinski definition) is 2. The summed E-state index contributed by atoms with van der Waals surface area (Å²) in [5.74, 6) is 1.47. The van der Waals surface area contributed by atoms with Gasteiger partial charge in [-0.2, -0.15) is 0 Å². The third-order valence-corrected chi connectivity index (χ3v) is 3.33. The summed E-state index contributed by atoms with van der Waals surface area (Å²) < 4.78 is 0. The van der Waals surface area contributed by atoms with Crippen LogP contribution < -0.4 is 10.6 Å². The van der Waals surface area contributed by atoms with Crippen molar-refractivity contribution < 1.29 is 5.11 Å². The Morgan fingerprint density at radius 1 is 1.50 bits per heavy atom. The number of aromatic nitrogens is 1. The number of anilines is 2. The van der Waals surface area contributed by atoms with Crippen molar-refractivity contribution in [2.24, 2.45) is 5.92 Å². The number of nitrogen functional groups attached to an aromatic ring is 1. The Balaban J connectivity index is 2.05. The van der Waals surface area contributed by atoms with Crippen LogP contribution >= 0.6 is 0 Å². The van der Waals surface area contributed by atoms with Crippen LogP contribution in [0.25, 0.3) is 0 Å². The summed E-state index contributed by atoms with van der Waals surface area (Å²) in [5.41, 5.74) is 7.57. The molecule has 0 radical (unpaired) electrons. The molecule has 1 aliphatic heterocycles. The maximum Gasteiger partial charge on any atom is 0.128 e. The third kappa shape index (κ3) is 2.27. The van der Waals surface area contributed by atoms with E-state index in [-0.39, 0.29) is 0 Å². The lowest BCUT2D eigenvalue weighted by molar-refractivity contribution is 0.203. The van der Waals surface area contributed by atoms with E-state index in [1.54, 1.807) is 6.20 Å². The molecule has 4 heteroatoms. The second-order valence-electron chi connectivity index (χ2n) is 4.51. The minimum absolute atomic E-state index is 0.308. The fourth-order valence-electron chi connectivity index (χ4n) is 2.07. The van der Waals surface area contributed by atoms with E-state index in [2.05, 4.69) is 9.88 Å². The van der Waals surface area contributed by atoms with Crippen LogP contribution in [0.4, 0.5) is 11.5 Å². The summed E-state index contributed by atoms with van der Waals surface area (Å²) in [6.45, 7) is 4.26. The van der Waals surface area contributed by atoms with Crippen molar-refractivity contribution in [1.29, 1.82) is 0 Å². The predicted octanol–water partition coefficient (Wildman–Crippen LogP) is 1.18. The van der Waals surface area contributed by atoms with Crippen LogP contribution in [0.1, 0.15) is 18.4 Å². The Morgan fingerprint density at radius 3 is 2.75 bits per heavy atom. The maximum atomic E-state index is 9.08. The number of nitrogens with two attached hydrogens (primary N) is 1. The highest BCUT2D eigenvalue weighted by Crippen LogP contribution is 2.23. The summed E-state index contributed by atoms with van der Waals surface area (Å²) in [7, 11) is 0. The fourth-order valence-corrected chi connectivity index (χ4v) is 2.07. The van der Waals surface area contributed by atoms with Gasteiger partial charge in [0.2, 0.25) is 0 Å². The Hall–Kier alpha value is -1.29. The second kappa shape index (κ2) is 4.70. The number of hydrogen-bond acceptors (Lipinski definition) is 4. The first-order valence-electron chi connectivity index (χ1n) is 5.78. The van der Waals surface area contributed by atoms with Gasteiger partial charge in [-0.15, -0.1) is 0 Å². The van der Waals surface area contributed by atoms with Gasteiger partial charge in [0.25, 0.3) is 0 Å². The number of aryl methyl sites for hydroxylation is 1. The van der Waals surface area contributed by atoms with E-state index < -0.39 is 0 Å². The zero-order chi connectivity index (χ0) is 11.5. The highest BCUT2D eigenvalue weighted by atomic mass is 16.3. The van der Waals surface area contributed by atoms with Gasteiger partial charge in [0.05, 0.1) is 11.9 Å². The number of rotatable bonds is 2. The van der Waals surface area contributed by atoms with Crippen molar-refractivity contribution >= 4 is 11.5 Å². The molecule has 1 fully saturated rings. The van der Waals surface area contributed by atoms with E-state index in [9.17, 15) is 0 Å². The van der Waals surface area contributed by atoms with Gasteiger partial charge < -0.3 is 15.7 Å². The number of piperidine rings is 1. The number of pyridine rings is 1. The zero-order valence-corrected chi connectivity index (χ0v) is 9.69. The molecule has 0 amide bonds. The van der Waals surface area contributed by atoms with Crippen LogP contribution in [0.3, 0.4) is 0 Å². The molecule has 0 bridgehead atoms. The lowest BCUT2D eigenvalue weighted by Crippen LogP contribution is -2.35. The second-order valence-corrected chi connectivity index (χ2v) is 4.51. The molecule has 0 unspecified atom stereocenters. The van der Waals surface area contributed by atoms with Crippen LogP contribution in [-0.2, 0) is 0 Å². The van der Waals surface area contributed by atoms with Gasteiger partial charge in [0, 0.05) is 19.7 Å². The topological polar surface area (TPSA) is 62.4 Å². The molecule has 4 nitrogen and oxygen atoms in total. The standard InChI is InChI=1S/C12H19N3O/c1-9-6-12(14-7-11(9)13)15-4-2-10(8-16)3-5-15/h6-7,10,16H,2-5,8,13H2,1H3. The average molecular weight is 221 g/mol. The number of aliphatic hydroxyl groups excluding tert-OH is 1. The molecule has 0 aromatic carbocycles. The summed E-state index contributed by atoms with van der Waals surface area (Å²) >= 11 is 0. The van der Waals surface area contributed by atoms with E-state index in [0.717, 1.165) is 43.0 Å². The first-order chi connectivity index (χ1) is 7.70. The van der Waals surface area contributed by atoms with E-state index >= 15 is 0 Å². The summed E-state index contributed by atoms with van der Waals surface area (Å²) in [4.78, 5) is 6.61. The van der Waals surface area contributed by atoms with Crippen molar-refractivity contribution in [2.75, 3.05) is 30.3 Å². The molecule has 1 aromatic heterocycles. The van der Waals surface area contributed by atoms with Gasteiger partial charge >= 0.3 is 0 Å². The van der Waals surface area contributed by atoms with E-state index in [1.807, 2.05) is 13.0 Å². The largest absolute Gasteiger partial charge is 0.397 e. The minimum atomic E-state index is 0.308. The molecule has 16 heavy (non-hydrogen) atoms. The average Bonchev–Trinajstić information content (AvgIpc) is 2.33. The van der Waals surface area contributed by atoms with Crippen molar-refractivity contribution in [3.8, 4) is 0 Å². The van der Waals surface area contributed by atoms with Gasteiger partial charge in [0.15, 0.2) is 0 Å². The first kappa shape index (κ1) is 11.2. The molecule has 3 N–H and O–H groups in total. The van der Waals surface area contributed by atoms with Gasteiger partial charge in [-0.1, -0.05) is 0 Å². The highest BCUT2D eigenvalue weighted by Gasteiger charge is 2.19. The van der Waals surface area contributed by atoms with Crippen molar-refractivity contribution in [3.63, 3.8) is 0 Å². The zero-order valence-electron chi connectivity index (χ0n) is 9.69. The Bertz CT molecular complexity index is 359. The molecule has 88 valence electrons. The van der Waals surface area contributed by atoms with Crippen LogP contribution in [0.5, 0.6) is 0 Å². The number of nitrogens with zero attached hydrogens (tertiary/aromatic N) is 2. The lowest BCUT2D eigenvalue weighted by Gasteiger charge is -2.32. The normalized spacial score (nSPS) is 17.8. The molecule has 1 aliphatic rings. The highest BCUT2D eigenvalue weighted by molar-refractivity contribution is 5.52. The van der Waals surface area contributed by atoms with Crippen molar-refractivity contribution in [1.82, 2.24) is 4.98 Å². The van der Waals surface area contributed by atoms with Gasteiger partial charge in [-0.3, -0.25) is 0 Å². The van der Waals surface area contributed by atoms with E-state index in [0.29, 0.717) is 12.5 Å². The molecule has 0 spiro atoms. The maximum absolute atomic E-state index is 9.08. The van der Waals surface area contributed by atoms with E-state index in [1.165, 1.54) is 0 Å². The van der Waals surface area contributed by atoms with Crippen LogP contribution in [-0.4, -0.2) is 29.8 Å². The molecule has 2 rings (SSSR count). The third-order valence-electron chi connectivity index (χ3n) is 3.33. The SMILES string of the molecule is Cc1cc(N2CCC(CO)CC2)ncc1N. The molecule has 0 saturated carbocycles. The van der Waals surface area contributed by atoms with Gasteiger partial charge in [0.1, 0.15) is 5.82 Å². The smallest absolute Gasteiger partial charge is 0.128 e. The Labute approximate surface area is 96.1 Å².